The lowest BCUT2D eigenvalue weighted by atomic mass is 10.2. The zero-order valence-corrected chi connectivity index (χ0v) is 11.7. The SMILES string of the molecule is CC(C)c1nncn1CCNC(=O)CNCC1CC1. The maximum Gasteiger partial charge on any atom is 0.234 e. The van der Waals surface area contributed by atoms with Gasteiger partial charge in [0.15, 0.2) is 0 Å². The van der Waals surface area contributed by atoms with Gasteiger partial charge in [-0.05, 0) is 25.3 Å². The molecule has 1 amide bonds. The normalized spacial score (nSPS) is 14.9. The van der Waals surface area contributed by atoms with E-state index >= 15 is 0 Å². The maximum absolute atomic E-state index is 11.6. The van der Waals surface area contributed by atoms with E-state index in [1.165, 1.54) is 12.8 Å². The Hall–Kier alpha value is -1.43. The fourth-order valence-electron chi connectivity index (χ4n) is 1.97. The smallest absolute Gasteiger partial charge is 0.234 e. The average molecular weight is 265 g/mol. The van der Waals surface area contributed by atoms with Crippen LogP contribution in [0.5, 0.6) is 0 Å². The van der Waals surface area contributed by atoms with Gasteiger partial charge in [-0.1, -0.05) is 13.8 Å². The largest absolute Gasteiger partial charge is 0.353 e. The Labute approximate surface area is 114 Å². The zero-order valence-electron chi connectivity index (χ0n) is 11.7. The molecule has 0 radical (unpaired) electrons. The van der Waals surface area contributed by atoms with E-state index < -0.39 is 0 Å². The Balaban J connectivity index is 1.61. The van der Waals surface area contributed by atoms with Gasteiger partial charge in [-0.25, -0.2) is 0 Å². The van der Waals surface area contributed by atoms with Crippen LogP contribution in [0.4, 0.5) is 0 Å². The van der Waals surface area contributed by atoms with Crippen molar-refractivity contribution in [2.24, 2.45) is 5.92 Å². The first-order valence-corrected chi connectivity index (χ1v) is 7.02. The minimum absolute atomic E-state index is 0.0554. The highest BCUT2D eigenvalue weighted by Crippen LogP contribution is 2.27. The highest BCUT2D eigenvalue weighted by molar-refractivity contribution is 5.77. The summed E-state index contributed by atoms with van der Waals surface area (Å²) in [4.78, 5) is 11.6. The molecule has 0 unspecified atom stereocenters. The molecule has 0 saturated heterocycles. The van der Waals surface area contributed by atoms with E-state index in [2.05, 4.69) is 34.7 Å². The lowest BCUT2D eigenvalue weighted by Crippen LogP contribution is -2.36. The van der Waals surface area contributed by atoms with Crippen molar-refractivity contribution in [3.05, 3.63) is 12.2 Å². The first-order valence-electron chi connectivity index (χ1n) is 7.02. The second-order valence-corrected chi connectivity index (χ2v) is 5.46. The minimum Gasteiger partial charge on any atom is -0.353 e. The number of aromatic nitrogens is 3. The molecule has 0 bridgehead atoms. The van der Waals surface area contributed by atoms with Gasteiger partial charge >= 0.3 is 0 Å². The van der Waals surface area contributed by atoms with Crippen molar-refractivity contribution >= 4 is 5.91 Å². The highest BCUT2D eigenvalue weighted by Gasteiger charge is 2.20. The van der Waals surface area contributed by atoms with Crippen LogP contribution in [-0.2, 0) is 11.3 Å². The van der Waals surface area contributed by atoms with Crippen molar-refractivity contribution < 1.29 is 4.79 Å². The Kier molecular flexibility index (Phi) is 4.90. The van der Waals surface area contributed by atoms with Crippen LogP contribution in [0, 0.1) is 5.92 Å². The molecule has 1 fully saturated rings. The first-order chi connectivity index (χ1) is 9.16. The Bertz CT molecular complexity index is 411. The fourth-order valence-corrected chi connectivity index (χ4v) is 1.97. The molecule has 2 rings (SSSR count). The number of carbonyl (C=O) groups excluding carboxylic acids is 1. The number of rotatable bonds is 8. The van der Waals surface area contributed by atoms with Crippen LogP contribution in [0.1, 0.15) is 38.4 Å². The van der Waals surface area contributed by atoms with Crippen molar-refractivity contribution in [1.82, 2.24) is 25.4 Å². The first kappa shape index (κ1) is 14.0. The molecule has 1 aromatic rings. The summed E-state index contributed by atoms with van der Waals surface area (Å²) >= 11 is 0. The molecule has 0 spiro atoms. The number of nitrogens with zero attached hydrogens (tertiary/aromatic N) is 3. The molecule has 1 heterocycles. The third kappa shape index (κ3) is 4.63. The number of amides is 1. The summed E-state index contributed by atoms with van der Waals surface area (Å²) < 4.78 is 1.99. The zero-order chi connectivity index (χ0) is 13.7. The molecule has 1 saturated carbocycles. The Morgan fingerprint density at radius 2 is 2.32 bits per heavy atom. The second kappa shape index (κ2) is 6.65. The monoisotopic (exact) mass is 265 g/mol. The summed E-state index contributed by atoms with van der Waals surface area (Å²) in [5, 5.41) is 14.1. The van der Waals surface area contributed by atoms with E-state index in [1.54, 1.807) is 6.33 Å². The molecule has 0 atom stereocenters. The van der Waals surface area contributed by atoms with E-state index in [9.17, 15) is 4.79 Å². The van der Waals surface area contributed by atoms with E-state index in [0.29, 0.717) is 19.0 Å². The lowest BCUT2D eigenvalue weighted by molar-refractivity contribution is -0.120. The number of nitrogens with one attached hydrogen (secondary N) is 2. The topological polar surface area (TPSA) is 71.8 Å². The van der Waals surface area contributed by atoms with E-state index in [1.807, 2.05) is 4.57 Å². The van der Waals surface area contributed by atoms with Crippen LogP contribution < -0.4 is 10.6 Å². The van der Waals surface area contributed by atoms with Crippen LogP contribution in [-0.4, -0.2) is 40.3 Å². The summed E-state index contributed by atoms with van der Waals surface area (Å²) in [5.74, 6) is 2.16. The van der Waals surface area contributed by atoms with Crippen molar-refractivity contribution in [2.45, 2.75) is 39.2 Å². The van der Waals surface area contributed by atoms with Gasteiger partial charge in [0.1, 0.15) is 12.2 Å². The summed E-state index contributed by atoms with van der Waals surface area (Å²) in [6, 6.07) is 0. The summed E-state index contributed by atoms with van der Waals surface area (Å²) in [6.45, 7) is 6.88. The number of hydrogen-bond acceptors (Lipinski definition) is 4. The van der Waals surface area contributed by atoms with Gasteiger partial charge in [0.05, 0.1) is 6.54 Å². The molecule has 2 N–H and O–H groups in total. The van der Waals surface area contributed by atoms with Gasteiger partial charge in [-0.3, -0.25) is 4.79 Å². The lowest BCUT2D eigenvalue weighted by Gasteiger charge is -2.10. The molecule has 1 aromatic heterocycles. The van der Waals surface area contributed by atoms with Crippen LogP contribution in [0.2, 0.25) is 0 Å². The molecular formula is C13H23N5O. The summed E-state index contributed by atoms with van der Waals surface area (Å²) in [5.41, 5.74) is 0. The molecule has 0 aliphatic heterocycles. The van der Waals surface area contributed by atoms with Crippen LogP contribution >= 0.6 is 0 Å². The number of hydrogen-bond donors (Lipinski definition) is 2. The van der Waals surface area contributed by atoms with Gasteiger partial charge in [0.2, 0.25) is 5.91 Å². The molecule has 6 nitrogen and oxygen atoms in total. The fraction of sp³-hybridized carbons (Fsp3) is 0.769. The average Bonchev–Trinajstić information content (AvgIpc) is 3.05. The van der Waals surface area contributed by atoms with Gasteiger partial charge in [0.25, 0.3) is 0 Å². The van der Waals surface area contributed by atoms with Crippen LogP contribution in [0.25, 0.3) is 0 Å². The highest BCUT2D eigenvalue weighted by atomic mass is 16.1. The minimum atomic E-state index is 0.0554. The summed E-state index contributed by atoms with van der Waals surface area (Å²) in [6.07, 6.45) is 4.33. The van der Waals surface area contributed by atoms with Gasteiger partial charge in [0, 0.05) is 19.0 Å². The summed E-state index contributed by atoms with van der Waals surface area (Å²) in [7, 11) is 0. The van der Waals surface area contributed by atoms with E-state index in [0.717, 1.165) is 24.8 Å². The molecule has 1 aliphatic carbocycles. The van der Waals surface area contributed by atoms with Crippen LogP contribution in [0.15, 0.2) is 6.33 Å². The van der Waals surface area contributed by atoms with Crippen LogP contribution in [0.3, 0.4) is 0 Å². The number of carbonyl (C=O) groups is 1. The van der Waals surface area contributed by atoms with E-state index in [4.69, 9.17) is 0 Å². The third-order valence-corrected chi connectivity index (χ3v) is 3.25. The standard InChI is InChI=1S/C13H23N5O/c1-10(2)13-17-16-9-18(13)6-5-15-12(19)8-14-7-11-3-4-11/h9-11,14H,3-8H2,1-2H3,(H,15,19). The quantitative estimate of drug-likeness (QED) is 0.719. The Morgan fingerprint density at radius 3 is 3.00 bits per heavy atom. The predicted molar refractivity (Wildman–Crippen MR) is 72.7 cm³/mol. The molecule has 0 aromatic carbocycles. The van der Waals surface area contributed by atoms with Gasteiger partial charge in [-0.2, -0.15) is 0 Å². The molecule has 1 aliphatic rings. The second-order valence-electron chi connectivity index (χ2n) is 5.46. The van der Waals surface area contributed by atoms with Crippen molar-refractivity contribution in [2.75, 3.05) is 19.6 Å². The van der Waals surface area contributed by atoms with Crippen molar-refractivity contribution in [3.8, 4) is 0 Å². The van der Waals surface area contributed by atoms with Gasteiger partial charge < -0.3 is 15.2 Å². The molecule has 106 valence electrons. The van der Waals surface area contributed by atoms with Gasteiger partial charge in [-0.15, -0.1) is 10.2 Å². The molecule has 6 heteroatoms. The van der Waals surface area contributed by atoms with Crippen molar-refractivity contribution in [3.63, 3.8) is 0 Å². The predicted octanol–water partition coefficient (Wildman–Crippen LogP) is 0.517. The third-order valence-electron chi connectivity index (χ3n) is 3.25. The molecule has 19 heavy (non-hydrogen) atoms. The van der Waals surface area contributed by atoms with Crippen molar-refractivity contribution in [1.29, 1.82) is 0 Å². The van der Waals surface area contributed by atoms with E-state index in [-0.39, 0.29) is 5.91 Å². The Morgan fingerprint density at radius 1 is 1.53 bits per heavy atom. The molecular weight excluding hydrogens is 242 g/mol. The maximum atomic E-state index is 11.6.